The van der Waals surface area contributed by atoms with Crippen LogP contribution in [-0.2, 0) is 11.2 Å². The van der Waals surface area contributed by atoms with E-state index in [4.69, 9.17) is 9.47 Å². The summed E-state index contributed by atoms with van der Waals surface area (Å²) in [4.78, 5) is 17.1. The first-order valence-electron chi connectivity index (χ1n) is 9.32. The number of ether oxygens (including phenoxy) is 2. The molecule has 0 radical (unpaired) electrons. The zero-order chi connectivity index (χ0) is 18.2. The number of hydrogen-bond donors (Lipinski definition) is 0. The Hall–Kier alpha value is -1.75. The molecule has 0 aliphatic carbocycles. The van der Waals surface area contributed by atoms with Crippen molar-refractivity contribution in [3.8, 4) is 11.5 Å². The molecule has 5 nitrogen and oxygen atoms in total. The molecule has 0 aromatic heterocycles. The summed E-state index contributed by atoms with van der Waals surface area (Å²) >= 11 is 0. The number of piperidine rings is 1. The molecule has 1 saturated heterocycles. The summed E-state index contributed by atoms with van der Waals surface area (Å²) in [6, 6.07) is 5.69. The fraction of sp³-hybridized carbons (Fsp3) is 0.650. The van der Waals surface area contributed by atoms with Gasteiger partial charge in [-0.05, 0) is 49.5 Å². The maximum Gasteiger partial charge on any atom is 0.226 e. The minimum absolute atomic E-state index is 0.202. The molecule has 0 bridgehead atoms. The van der Waals surface area contributed by atoms with Gasteiger partial charge in [-0.1, -0.05) is 19.9 Å². The Balaban J connectivity index is 1.86. The molecule has 2 rings (SSSR count). The van der Waals surface area contributed by atoms with Crippen molar-refractivity contribution in [2.45, 2.75) is 33.1 Å². The van der Waals surface area contributed by atoms with Crippen molar-refractivity contribution in [2.75, 3.05) is 46.9 Å². The summed E-state index contributed by atoms with van der Waals surface area (Å²) in [6.45, 7) is 9.54. The Morgan fingerprint density at radius 1 is 1.12 bits per heavy atom. The second kappa shape index (κ2) is 9.66. The monoisotopic (exact) mass is 348 g/mol. The van der Waals surface area contributed by atoms with Crippen molar-refractivity contribution in [1.82, 2.24) is 9.80 Å². The highest BCUT2D eigenvalue weighted by atomic mass is 16.5. The molecule has 25 heavy (non-hydrogen) atoms. The van der Waals surface area contributed by atoms with E-state index in [1.165, 1.54) is 0 Å². The lowest BCUT2D eigenvalue weighted by atomic mass is 9.95. The van der Waals surface area contributed by atoms with E-state index in [9.17, 15) is 4.79 Å². The van der Waals surface area contributed by atoms with Gasteiger partial charge in [0, 0.05) is 19.6 Å². The zero-order valence-electron chi connectivity index (χ0n) is 16.1. The Labute approximate surface area is 151 Å². The van der Waals surface area contributed by atoms with Crippen LogP contribution in [0.25, 0.3) is 0 Å². The number of rotatable bonds is 8. The SMILES string of the molecule is CCN(CC)CC1CCN(C(=O)Cc2ccc(OC)c(OC)c2)CC1. The summed E-state index contributed by atoms with van der Waals surface area (Å²) in [5, 5.41) is 0. The minimum Gasteiger partial charge on any atom is -0.493 e. The van der Waals surface area contributed by atoms with E-state index in [0.29, 0.717) is 23.8 Å². The summed E-state index contributed by atoms with van der Waals surface area (Å²) in [7, 11) is 3.23. The van der Waals surface area contributed by atoms with Gasteiger partial charge in [0.15, 0.2) is 11.5 Å². The zero-order valence-corrected chi connectivity index (χ0v) is 16.1. The van der Waals surface area contributed by atoms with Crippen LogP contribution in [0.15, 0.2) is 18.2 Å². The quantitative estimate of drug-likeness (QED) is 0.724. The maximum absolute atomic E-state index is 12.6. The number of carbonyl (C=O) groups excluding carboxylic acids is 1. The molecule has 0 atom stereocenters. The van der Waals surface area contributed by atoms with E-state index in [2.05, 4.69) is 18.7 Å². The molecule has 1 aromatic carbocycles. The van der Waals surface area contributed by atoms with Gasteiger partial charge < -0.3 is 19.3 Å². The summed E-state index contributed by atoms with van der Waals surface area (Å²) in [6.07, 6.45) is 2.63. The van der Waals surface area contributed by atoms with Crippen molar-refractivity contribution in [3.63, 3.8) is 0 Å². The molecule has 1 aliphatic rings. The van der Waals surface area contributed by atoms with Crippen LogP contribution in [0, 0.1) is 5.92 Å². The van der Waals surface area contributed by atoms with Crippen molar-refractivity contribution in [3.05, 3.63) is 23.8 Å². The van der Waals surface area contributed by atoms with E-state index in [0.717, 1.165) is 51.1 Å². The molecular formula is C20H32N2O3. The largest absolute Gasteiger partial charge is 0.493 e. The fourth-order valence-corrected chi connectivity index (χ4v) is 3.49. The van der Waals surface area contributed by atoms with E-state index in [1.807, 2.05) is 23.1 Å². The lowest BCUT2D eigenvalue weighted by Gasteiger charge is -2.34. The Morgan fingerprint density at radius 3 is 2.32 bits per heavy atom. The standard InChI is InChI=1S/C20H32N2O3/c1-5-21(6-2)15-16-9-11-22(12-10-16)20(23)14-17-7-8-18(24-3)19(13-17)25-4/h7-8,13,16H,5-6,9-12,14-15H2,1-4H3. The van der Waals surface area contributed by atoms with Crippen LogP contribution in [0.3, 0.4) is 0 Å². The number of likely N-dealkylation sites (tertiary alicyclic amines) is 1. The Morgan fingerprint density at radius 2 is 1.76 bits per heavy atom. The lowest BCUT2D eigenvalue weighted by Crippen LogP contribution is -2.42. The topological polar surface area (TPSA) is 42.0 Å². The van der Waals surface area contributed by atoms with Crippen molar-refractivity contribution < 1.29 is 14.3 Å². The average Bonchev–Trinajstić information content (AvgIpc) is 2.66. The highest BCUT2D eigenvalue weighted by Crippen LogP contribution is 2.28. The van der Waals surface area contributed by atoms with Gasteiger partial charge in [-0.2, -0.15) is 0 Å². The van der Waals surface area contributed by atoms with Gasteiger partial charge in [-0.15, -0.1) is 0 Å². The predicted molar refractivity (Wildman–Crippen MR) is 100 cm³/mol. The molecule has 5 heteroatoms. The maximum atomic E-state index is 12.6. The third kappa shape index (κ3) is 5.36. The van der Waals surface area contributed by atoms with Gasteiger partial charge in [0.05, 0.1) is 20.6 Å². The van der Waals surface area contributed by atoms with Crippen LogP contribution in [0.5, 0.6) is 11.5 Å². The first-order chi connectivity index (χ1) is 12.1. The van der Waals surface area contributed by atoms with Gasteiger partial charge in [-0.3, -0.25) is 4.79 Å². The fourth-order valence-electron chi connectivity index (χ4n) is 3.49. The molecule has 0 N–H and O–H groups in total. The second-order valence-corrected chi connectivity index (χ2v) is 6.68. The van der Waals surface area contributed by atoms with Crippen LogP contribution in [0.4, 0.5) is 0 Å². The second-order valence-electron chi connectivity index (χ2n) is 6.68. The number of methoxy groups -OCH3 is 2. The van der Waals surface area contributed by atoms with Crippen LogP contribution >= 0.6 is 0 Å². The third-order valence-electron chi connectivity index (χ3n) is 5.18. The van der Waals surface area contributed by atoms with Crippen molar-refractivity contribution >= 4 is 5.91 Å². The summed E-state index contributed by atoms with van der Waals surface area (Å²) in [5.41, 5.74) is 0.966. The number of nitrogens with zero attached hydrogens (tertiary/aromatic N) is 2. The molecule has 1 heterocycles. The molecular weight excluding hydrogens is 316 g/mol. The van der Waals surface area contributed by atoms with Gasteiger partial charge in [0.1, 0.15) is 0 Å². The van der Waals surface area contributed by atoms with Crippen LogP contribution in [0.1, 0.15) is 32.3 Å². The predicted octanol–water partition coefficient (Wildman–Crippen LogP) is 2.83. The Kier molecular flexibility index (Phi) is 7.56. The van der Waals surface area contributed by atoms with Gasteiger partial charge in [-0.25, -0.2) is 0 Å². The van der Waals surface area contributed by atoms with Crippen molar-refractivity contribution in [2.24, 2.45) is 5.92 Å². The van der Waals surface area contributed by atoms with Gasteiger partial charge in [0.25, 0.3) is 0 Å². The molecule has 1 aliphatic heterocycles. The van der Waals surface area contributed by atoms with E-state index in [1.54, 1.807) is 14.2 Å². The highest BCUT2D eigenvalue weighted by molar-refractivity contribution is 5.79. The van der Waals surface area contributed by atoms with Crippen LogP contribution < -0.4 is 9.47 Å². The molecule has 140 valence electrons. The normalized spacial score (nSPS) is 15.5. The highest BCUT2D eigenvalue weighted by Gasteiger charge is 2.24. The van der Waals surface area contributed by atoms with Gasteiger partial charge >= 0.3 is 0 Å². The molecule has 1 fully saturated rings. The number of amides is 1. The van der Waals surface area contributed by atoms with E-state index >= 15 is 0 Å². The molecule has 0 unspecified atom stereocenters. The smallest absolute Gasteiger partial charge is 0.226 e. The third-order valence-corrected chi connectivity index (χ3v) is 5.18. The number of carbonyl (C=O) groups is 1. The first kappa shape index (κ1) is 19.6. The number of benzene rings is 1. The van der Waals surface area contributed by atoms with Crippen LogP contribution in [0.2, 0.25) is 0 Å². The van der Waals surface area contributed by atoms with Crippen molar-refractivity contribution in [1.29, 1.82) is 0 Å². The summed E-state index contributed by atoms with van der Waals surface area (Å²) < 4.78 is 10.6. The molecule has 0 saturated carbocycles. The molecule has 1 aromatic rings. The van der Waals surface area contributed by atoms with Crippen LogP contribution in [-0.4, -0.2) is 62.7 Å². The molecule has 0 spiro atoms. The number of hydrogen-bond acceptors (Lipinski definition) is 4. The Bertz CT molecular complexity index is 550. The van der Waals surface area contributed by atoms with E-state index in [-0.39, 0.29) is 5.91 Å². The van der Waals surface area contributed by atoms with Gasteiger partial charge in [0.2, 0.25) is 5.91 Å². The summed E-state index contributed by atoms with van der Waals surface area (Å²) in [5.74, 6) is 2.28. The van der Waals surface area contributed by atoms with E-state index < -0.39 is 0 Å². The lowest BCUT2D eigenvalue weighted by molar-refractivity contribution is -0.131. The first-order valence-corrected chi connectivity index (χ1v) is 9.32. The molecule has 1 amide bonds. The average molecular weight is 348 g/mol. The minimum atomic E-state index is 0.202.